The number of aromatic hydroxyl groups is 1. The Morgan fingerprint density at radius 1 is 0.905 bits per heavy atom. The van der Waals surface area contributed by atoms with Crippen LogP contribution in [0.2, 0.25) is 0 Å². The first-order valence-electron chi connectivity index (χ1n) is 6.39. The van der Waals surface area contributed by atoms with Crippen molar-refractivity contribution >= 4 is 21.5 Å². The average Bonchev–Trinajstić information content (AvgIpc) is 2.52. The first-order valence-corrected chi connectivity index (χ1v) is 6.39. The number of methoxy groups -OCH3 is 2. The van der Waals surface area contributed by atoms with Gasteiger partial charge in [-0.3, -0.25) is 0 Å². The minimum atomic E-state index is 0.138. The van der Waals surface area contributed by atoms with Gasteiger partial charge in [0.05, 0.1) is 25.9 Å². The van der Waals surface area contributed by atoms with Gasteiger partial charge in [-0.1, -0.05) is 6.07 Å². The fourth-order valence-electron chi connectivity index (χ4n) is 2.56. The molecule has 0 aromatic heterocycles. The van der Waals surface area contributed by atoms with Crippen molar-refractivity contribution in [2.45, 2.75) is 0 Å². The lowest BCUT2D eigenvalue weighted by molar-refractivity contribution is 0.356. The minimum absolute atomic E-state index is 0.138. The van der Waals surface area contributed by atoms with Gasteiger partial charge in [0.2, 0.25) is 0 Å². The van der Waals surface area contributed by atoms with Crippen molar-refractivity contribution < 1.29 is 14.6 Å². The van der Waals surface area contributed by atoms with E-state index in [1.807, 2.05) is 12.1 Å². The van der Waals surface area contributed by atoms with Crippen molar-refractivity contribution in [2.75, 3.05) is 14.2 Å². The van der Waals surface area contributed by atoms with Crippen LogP contribution in [-0.2, 0) is 0 Å². The summed E-state index contributed by atoms with van der Waals surface area (Å²) in [4.78, 5) is 0. The van der Waals surface area contributed by atoms with Gasteiger partial charge in [0.25, 0.3) is 0 Å². The SMILES string of the molecule is COc1cc2cc(C#N)c3cc(O)ccc3c2cc1OC. The van der Waals surface area contributed by atoms with Crippen LogP contribution in [0.1, 0.15) is 5.56 Å². The van der Waals surface area contributed by atoms with Crippen LogP contribution < -0.4 is 9.47 Å². The van der Waals surface area contributed by atoms with Gasteiger partial charge in [0.15, 0.2) is 11.5 Å². The highest BCUT2D eigenvalue weighted by Crippen LogP contribution is 2.37. The summed E-state index contributed by atoms with van der Waals surface area (Å²) < 4.78 is 10.6. The maximum atomic E-state index is 9.65. The molecule has 0 unspecified atom stereocenters. The van der Waals surface area contributed by atoms with Crippen molar-refractivity contribution in [1.82, 2.24) is 0 Å². The molecule has 0 aliphatic rings. The molecule has 0 saturated heterocycles. The number of phenolic OH excluding ortho intramolecular Hbond substituents is 1. The Kier molecular flexibility index (Phi) is 3.03. The Morgan fingerprint density at radius 2 is 1.62 bits per heavy atom. The number of fused-ring (bicyclic) bond motifs is 3. The molecule has 3 aromatic rings. The molecule has 0 heterocycles. The van der Waals surface area contributed by atoms with Crippen LogP contribution in [0.15, 0.2) is 36.4 Å². The summed E-state index contributed by atoms with van der Waals surface area (Å²) in [5, 5.41) is 22.4. The van der Waals surface area contributed by atoms with Gasteiger partial charge in [-0.15, -0.1) is 0 Å². The predicted octanol–water partition coefficient (Wildman–Crippen LogP) is 3.59. The van der Waals surface area contributed by atoms with E-state index in [4.69, 9.17) is 9.47 Å². The molecule has 0 fully saturated rings. The number of ether oxygens (including phenoxy) is 2. The van der Waals surface area contributed by atoms with Crippen LogP contribution in [0.5, 0.6) is 17.2 Å². The Hall–Kier alpha value is -2.93. The number of rotatable bonds is 2. The normalized spacial score (nSPS) is 10.5. The lowest BCUT2D eigenvalue weighted by atomic mass is 9.97. The smallest absolute Gasteiger partial charge is 0.161 e. The average molecular weight is 279 g/mol. The number of nitrogens with zero attached hydrogens (tertiary/aromatic N) is 1. The summed E-state index contributed by atoms with van der Waals surface area (Å²) in [5.74, 6) is 1.38. The van der Waals surface area contributed by atoms with E-state index in [9.17, 15) is 10.4 Å². The fraction of sp³-hybridized carbons (Fsp3) is 0.118. The molecule has 3 aromatic carbocycles. The molecule has 1 N–H and O–H groups in total. The maximum absolute atomic E-state index is 9.65. The van der Waals surface area contributed by atoms with Crippen LogP contribution in [0.3, 0.4) is 0 Å². The molecule has 0 spiro atoms. The van der Waals surface area contributed by atoms with Gasteiger partial charge in [-0.05, 0) is 46.5 Å². The van der Waals surface area contributed by atoms with Gasteiger partial charge in [0.1, 0.15) is 5.75 Å². The molecular formula is C17H13NO3. The first kappa shape index (κ1) is 13.1. The fourth-order valence-corrected chi connectivity index (χ4v) is 2.56. The predicted molar refractivity (Wildman–Crippen MR) is 80.9 cm³/mol. The van der Waals surface area contributed by atoms with Gasteiger partial charge >= 0.3 is 0 Å². The lowest BCUT2D eigenvalue weighted by Crippen LogP contribution is -1.92. The zero-order valence-electron chi connectivity index (χ0n) is 11.7. The summed E-state index contributed by atoms with van der Waals surface area (Å²) in [5.41, 5.74) is 0.514. The Morgan fingerprint density at radius 3 is 2.29 bits per heavy atom. The van der Waals surface area contributed by atoms with Gasteiger partial charge in [0, 0.05) is 5.39 Å². The molecule has 0 amide bonds. The van der Waals surface area contributed by atoms with Crippen molar-refractivity contribution in [1.29, 1.82) is 5.26 Å². The first-order chi connectivity index (χ1) is 10.2. The zero-order valence-corrected chi connectivity index (χ0v) is 11.7. The van der Waals surface area contributed by atoms with Gasteiger partial charge in [-0.25, -0.2) is 0 Å². The number of hydrogen-bond acceptors (Lipinski definition) is 4. The van der Waals surface area contributed by atoms with Crippen molar-refractivity contribution in [3.05, 3.63) is 42.0 Å². The van der Waals surface area contributed by atoms with Gasteiger partial charge in [-0.2, -0.15) is 5.26 Å². The highest BCUT2D eigenvalue weighted by molar-refractivity contribution is 6.11. The van der Waals surface area contributed by atoms with E-state index < -0.39 is 0 Å². The highest BCUT2D eigenvalue weighted by Gasteiger charge is 2.12. The number of phenols is 1. The highest BCUT2D eigenvalue weighted by atomic mass is 16.5. The van der Waals surface area contributed by atoms with Crippen LogP contribution in [0.25, 0.3) is 21.5 Å². The topological polar surface area (TPSA) is 62.5 Å². The Labute approximate surface area is 121 Å². The number of hydrogen-bond donors (Lipinski definition) is 1. The van der Waals surface area contributed by atoms with Gasteiger partial charge < -0.3 is 14.6 Å². The van der Waals surface area contributed by atoms with Crippen molar-refractivity contribution in [3.63, 3.8) is 0 Å². The molecule has 104 valence electrons. The monoisotopic (exact) mass is 279 g/mol. The summed E-state index contributed by atoms with van der Waals surface area (Å²) in [7, 11) is 3.16. The van der Waals surface area contributed by atoms with E-state index in [1.54, 1.807) is 38.5 Å². The maximum Gasteiger partial charge on any atom is 0.161 e. The van der Waals surface area contributed by atoms with Crippen molar-refractivity contribution in [2.24, 2.45) is 0 Å². The summed E-state index contributed by atoms with van der Waals surface area (Å²) >= 11 is 0. The lowest BCUT2D eigenvalue weighted by Gasteiger charge is -2.12. The van der Waals surface area contributed by atoms with E-state index in [0.29, 0.717) is 17.1 Å². The van der Waals surface area contributed by atoms with E-state index in [-0.39, 0.29) is 5.75 Å². The molecule has 0 bridgehead atoms. The minimum Gasteiger partial charge on any atom is -0.508 e. The molecule has 0 radical (unpaired) electrons. The standard InChI is InChI=1S/C17H13NO3/c1-20-16-6-10-5-11(9-18)14-7-12(19)3-4-13(14)15(10)8-17(16)21-2/h3-8,19H,1-2H3. The summed E-state index contributed by atoms with van der Waals surface area (Å²) in [6.07, 6.45) is 0. The molecular weight excluding hydrogens is 266 g/mol. The van der Waals surface area contributed by atoms with E-state index in [0.717, 1.165) is 21.5 Å². The Balaban J connectivity index is 2.50. The van der Waals surface area contributed by atoms with Crippen LogP contribution in [0, 0.1) is 11.3 Å². The second-order valence-electron chi connectivity index (χ2n) is 4.69. The third kappa shape index (κ3) is 2.00. The molecule has 4 nitrogen and oxygen atoms in total. The molecule has 3 rings (SSSR count). The third-order valence-electron chi connectivity index (χ3n) is 3.56. The molecule has 0 atom stereocenters. The van der Waals surface area contributed by atoms with E-state index >= 15 is 0 Å². The largest absolute Gasteiger partial charge is 0.508 e. The summed E-state index contributed by atoms with van der Waals surface area (Å²) in [6.45, 7) is 0. The zero-order chi connectivity index (χ0) is 15.0. The Bertz CT molecular complexity index is 894. The second kappa shape index (κ2) is 4.88. The molecule has 0 aliphatic heterocycles. The van der Waals surface area contributed by atoms with E-state index in [1.165, 1.54) is 0 Å². The number of benzene rings is 3. The quantitative estimate of drug-likeness (QED) is 0.728. The van der Waals surface area contributed by atoms with Crippen LogP contribution >= 0.6 is 0 Å². The molecule has 0 saturated carbocycles. The second-order valence-corrected chi connectivity index (χ2v) is 4.69. The van der Waals surface area contributed by atoms with Crippen molar-refractivity contribution in [3.8, 4) is 23.3 Å². The molecule has 4 heteroatoms. The third-order valence-corrected chi connectivity index (χ3v) is 3.56. The molecule has 21 heavy (non-hydrogen) atoms. The van der Waals surface area contributed by atoms with Crippen LogP contribution in [-0.4, -0.2) is 19.3 Å². The van der Waals surface area contributed by atoms with E-state index in [2.05, 4.69) is 6.07 Å². The molecule has 0 aliphatic carbocycles. The van der Waals surface area contributed by atoms with Crippen LogP contribution in [0.4, 0.5) is 0 Å². The summed E-state index contributed by atoms with van der Waals surface area (Å²) in [6, 6.07) is 12.7. The number of nitriles is 1.